The molecule has 1 aliphatic rings. The average Bonchev–Trinajstić information content (AvgIpc) is 3.01. The molecule has 4 N–H and O–H groups in total. The maximum atomic E-state index is 13.6. The van der Waals surface area contributed by atoms with Crippen molar-refractivity contribution < 1.29 is 23.4 Å². The Kier molecular flexibility index (Phi) is 9.35. The lowest BCUT2D eigenvalue weighted by Crippen LogP contribution is -2.37. The summed E-state index contributed by atoms with van der Waals surface area (Å²) in [4.78, 5) is 19.8. The van der Waals surface area contributed by atoms with Crippen molar-refractivity contribution in [3.05, 3.63) is 77.7 Å². The van der Waals surface area contributed by atoms with E-state index >= 15 is 0 Å². The first-order valence-corrected chi connectivity index (χ1v) is 14.1. The molecule has 1 fully saturated rings. The number of morpholine rings is 1. The molecule has 0 saturated carbocycles. The van der Waals surface area contributed by atoms with Gasteiger partial charge in [-0.3, -0.25) is 14.7 Å². The largest absolute Gasteiger partial charge is 0.493 e. The zero-order chi connectivity index (χ0) is 29.5. The minimum absolute atomic E-state index is 0.229. The summed E-state index contributed by atoms with van der Waals surface area (Å²) in [6.45, 7) is 7.06. The lowest BCUT2D eigenvalue weighted by Gasteiger charge is -2.26. The first kappa shape index (κ1) is 29.1. The van der Waals surface area contributed by atoms with Gasteiger partial charge in [-0.2, -0.15) is 0 Å². The fourth-order valence-electron chi connectivity index (χ4n) is 4.90. The fourth-order valence-corrected chi connectivity index (χ4v) is 4.90. The Balaban J connectivity index is 1.33. The van der Waals surface area contributed by atoms with E-state index in [4.69, 9.17) is 19.9 Å². The smallest absolute Gasteiger partial charge is 0.255 e. The predicted molar refractivity (Wildman–Crippen MR) is 164 cm³/mol. The maximum Gasteiger partial charge on any atom is 0.255 e. The number of aromatic nitrogens is 1. The van der Waals surface area contributed by atoms with Crippen LogP contribution < -0.4 is 25.8 Å². The highest BCUT2D eigenvalue weighted by Crippen LogP contribution is 2.37. The number of ether oxygens (including phenoxy) is 3. The number of nitrogens with zero attached hydrogens (tertiary/aromatic N) is 2. The van der Waals surface area contributed by atoms with Gasteiger partial charge < -0.3 is 30.6 Å². The molecule has 5 rings (SSSR count). The molecule has 10 heteroatoms. The SMILES string of the molecule is CCc1cnc2cc(OC)c(OCCCN3CCOCC3)cc2c1Nc1ccc(C(=O)Nc2cc(F)ccc2N)cc1. The van der Waals surface area contributed by atoms with Crippen molar-refractivity contribution in [2.45, 2.75) is 19.8 Å². The van der Waals surface area contributed by atoms with E-state index in [1.807, 2.05) is 30.5 Å². The zero-order valence-corrected chi connectivity index (χ0v) is 23.9. The van der Waals surface area contributed by atoms with E-state index in [0.717, 1.165) is 73.5 Å². The second-order valence-electron chi connectivity index (χ2n) is 10.1. The van der Waals surface area contributed by atoms with Gasteiger partial charge in [-0.1, -0.05) is 6.92 Å². The van der Waals surface area contributed by atoms with Crippen LogP contribution in [0.15, 0.2) is 60.8 Å². The molecule has 1 aromatic heterocycles. The molecule has 0 atom stereocenters. The van der Waals surface area contributed by atoms with Crippen molar-refractivity contribution in [2.75, 3.05) is 62.9 Å². The highest BCUT2D eigenvalue weighted by molar-refractivity contribution is 6.06. The van der Waals surface area contributed by atoms with Crippen molar-refractivity contribution in [1.29, 1.82) is 0 Å². The molecule has 1 saturated heterocycles. The van der Waals surface area contributed by atoms with E-state index in [-0.39, 0.29) is 17.3 Å². The Labute approximate surface area is 244 Å². The molecule has 9 nitrogen and oxygen atoms in total. The molecule has 0 unspecified atom stereocenters. The quantitative estimate of drug-likeness (QED) is 0.157. The summed E-state index contributed by atoms with van der Waals surface area (Å²) < 4.78 is 30.9. The molecule has 1 aliphatic heterocycles. The van der Waals surface area contributed by atoms with Gasteiger partial charge in [0, 0.05) is 48.5 Å². The number of halogens is 1. The number of anilines is 4. The molecule has 0 aliphatic carbocycles. The van der Waals surface area contributed by atoms with Crippen molar-refractivity contribution >= 4 is 39.6 Å². The topological polar surface area (TPSA) is 111 Å². The van der Waals surface area contributed by atoms with Crippen LogP contribution in [0.3, 0.4) is 0 Å². The van der Waals surface area contributed by atoms with Crippen LogP contribution in [0.4, 0.5) is 27.1 Å². The van der Waals surface area contributed by atoms with Crippen LogP contribution in [0.1, 0.15) is 29.3 Å². The van der Waals surface area contributed by atoms with Crippen LogP contribution in [0.25, 0.3) is 10.9 Å². The Morgan fingerprint density at radius 1 is 1.10 bits per heavy atom. The average molecular weight is 574 g/mol. The Morgan fingerprint density at radius 2 is 1.88 bits per heavy atom. The Bertz CT molecular complexity index is 1540. The predicted octanol–water partition coefficient (Wildman–Crippen LogP) is 5.62. The van der Waals surface area contributed by atoms with Gasteiger partial charge >= 0.3 is 0 Å². The number of methoxy groups -OCH3 is 1. The third kappa shape index (κ3) is 6.89. The van der Waals surface area contributed by atoms with E-state index in [0.29, 0.717) is 23.7 Å². The number of pyridine rings is 1. The van der Waals surface area contributed by atoms with Crippen LogP contribution in [0, 0.1) is 5.82 Å². The number of aryl methyl sites for hydroxylation is 1. The van der Waals surface area contributed by atoms with Gasteiger partial charge in [0.2, 0.25) is 0 Å². The maximum absolute atomic E-state index is 13.6. The summed E-state index contributed by atoms with van der Waals surface area (Å²) in [7, 11) is 1.63. The molecule has 2 heterocycles. The highest BCUT2D eigenvalue weighted by Gasteiger charge is 2.16. The highest BCUT2D eigenvalue weighted by atomic mass is 19.1. The van der Waals surface area contributed by atoms with E-state index in [1.165, 1.54) is 18.2 Å². The Morgan fingerprint density at radius 3 is 2.62 bits per heavy atom. The van der Waals surface area contributed by atoms with Crippen LogP contribution in [0.5, 0.6) is 11.5 Å². The van der Waals surface area contributed by atoms with E-state index < -0.39 is 5.82 Å². The van der Waals surface area contributed by atoms with E-state index in [9.17, 15) is 9.18 Å². The first-order chi connectivity index (χ1) is 20.4. The number of nitrogens with one attached hydrogen (secondary N) is 2. The number of nitrogen functional groups attached to an aromatic ring is 1. The summed E-state index contributed by atoms with van der Waals surface area (Å²) in [5, 5.41) is 7.09. The first-order valence-electron chi connectivity index (χ1n) is 14.1. The summed E-state index contributed by atoms with van der Waals surface area (Å²) in [5.74, 6) is 0.430. The fraction of sp³-hybridized carbons (Fsp3) is 0.312. The van der Waals surface area contributed by atoms with Gasteiger partial charge in [0.25, 0.3) is 5.91 Å². The summed E-state index contributed by atoms with van der Waals surface area (Å²) in [6, 6.07) is 14.8. The van der Waals surface area contributed by atoms with Crippen molar-refractivity contribution in [1.82, 2.24) is 9.88 Å². The van der Waals surface area contributed by atoms with Gasteiger partial charge in [0.1, 0.15) is 5.82 Å². The normalized spacial score (nSPS) is 13.6. The van der Waals surface area contributed by atoms with Gasteiger partial charge in [-0.25, -0.2) is 4.39 Å². The molecule has 0 radical (unpaired) electrons. The molecule has 42 heavy (non-hydrogen) atoms. The lowest BCUT2D eigenvalue weighted by molar-refractivity contribution is 0.0357. The van der Waals surface area contributed by atoms with Gasteiger partial charge in [0.15, 0.2) is 11.5 Å². The van der Waals surface area contributed by atoms with Crippen LogP contribution in [0.2, 0.25) is 0 Å². The van der Waals surface area contributed by atoms with Crippen molar-refractivity contribution in [3.8, 4) is 11.5 Å². The molecule has 0 bridgehead atoms. The number of amides is 1. The summed E-state index contributed by atoms with van der Waals surface area (Å²) >= 11 is 0. The minimum atomic E-state index is -0.477. The van der Waals surface area contributed by atoms with Crippen molar-refractivity contribution in [3.63, 3.8) is 0 Å². The van der Waals surface area contributed by atoms with Crippen LogP contribution in [-0.2, 0) is 11.2 Å². The summed E-state index contributed by atoms with van der Waals surface area (Å²) in [5.41, 5.74) is 10.3. The van der Waals surface area contributed by atoms with Crippen molar-refractivity contribution in [2.24, 2.45) is 0 Å². The molecular formula is C32H36FN5O4. The Hall–Kier alpha value is -4.41. The van der Waals surface area contributed by atoms with E-state index in [1.54, 1.807) is 19.2 Å². The third-order valence-corrected chi connectivity index (χ3v) is 7.27. The molecule has 0 spiro atoms. The molecule has 220 valence electrons. The molecule has 1 amide bonds. The monoisotopic (exact) mass is 573 g/mol. The lowest BCUT2D eigenvalue weighted by atomic mass is 10.1. The van der Waals surface area contributed by atoms with Gasteiger partial charge in [0.05, 0.1) is 49.5 Å². The molecular weight excluding hydrogens is 537 g/mol. The second kappa shape index (κ2) is 13.5. The number of carbonyl (C=O) groups is 1. The number of hydrogen-bond acceptors (Lipinski definition) is 8. The standard InChI is InChI=1S/C32H36FN5O4/c1-3-21-20-35-27-19-29(40-2)30(42-14-4-11-38-12-15-41-16-13-38)18-25(27)31(21)36-24-8-5-22(6-9-24)32(39)37-28-17-23(33)7-10-26(28)34/h5-10,17-20H,3-4,11-16,34H2,1-2H3,(H,35,36)(H,37,39). The number of nitrogens with two attached hydrogens (primary N) is 1. The zero-order valence-electron chi connectivity index (χ0n) is 23.9. The number of rotatable bonds is 11. The number of hydrogen-bond donors (Lipinski definition) is 3. The summed E-state index contributed by atoms with van der Waals surface area (Å²) in [6.07, 6.45) is 3.52. The third-order valence-electron chi connectivity index (χ3n) is 7.27. The number of benzene rings is 3. The minimum Gasteiger partial charge on any atom is -0.493 e. The van der Waals surface area contributed by atoms with Gasteiger partial charge in [-0.15, -0.1) is 0 Å². The van der Waals surface area contributed by atoms with E-state index in [2.05, 4.69) is 27.4 Å². The van der Waals surface area contributed by atoms with Crippen LogP contribution in [-0.4, -0.2) is 62.4 Å². The number of fused-ring (bicyclic) bond motifs is 1. The second-order valence-corrected chi connectivity index (χ2v) is 10.1. The van der Waals surface area contributed by atoms with Gasteiger partial charge in [-0.05, 0) is 66.9 Å². The molecule has 4 aromatic rings. The molecule has 3 aromatic carbocycles. The van der Waals surface area contributed by atoms with Crippen LogP contribution >= 0.6 is 0 Å². The number of carbonyl (C=O) groups excluding carboxylic acids is 1.